The largest absolute Gasteiger partial charge is 0.350 e. The summed E-state index contributed by atoms with van der Waals surface area (Å²) in [6.07, 6.45) is 2.86. The highest BCUT2D eigenvalue weighted by Crippen LogP contribution is 2.13. The molecule has 18 heavy (non-hydrogen) atoms. The minimum absolute atomic E-state index is 0.228. The molecule has 1 atom stereocenters. The lowest BCUT2D eigenvalue weighted by Crippen LogP contribution is -2.31. The van der Waals surface area contributed by atoms with Gasteiger partial charge in [-0.3, -0.25) is 0 Å². The number of fused-ring (bicyclic) bond motifs is 1. The standard InChI is InChI=1S/C14H20N4/c1-10(2)7-12(8-15)17-14-16-9-11-5-3-4-6-13(11)18-14/h3-6,9-10,12H,7-8,15H2,1-2H3,(H,16,17,18). The molecule has 0 aliphatic rings. The van der Waals surface area contributed by atoms with Crippen molar-refractivity contribution in [2.75, 3.05) is 11.9 Å². The zero-order valence-corrected chi connectivity index (χ0v) is 10.9. The maximum absolute atomic E-state index is 5.76. The molecule has 3 N–H and O–H groups in total. The molecule has 4 heteroatoms. The predicted octanol–water partition coefficient (Wildman–Crippen LogP) is 2.42. The summed E-state index contributed by atoms with van der Waals surface area (Å²) in [5.74, 6) is 1.26. The first-order valence-corrected chi connectivity index (χ1v) is 6.37. The number of hydrogen-bond donors (Lipinski definition) is 2. The average Bonchev–Trinajstić information content (AvgIpc) is 2.37. The third-order valence-corrected chi connectivity index (χ3v) is 2.86. The van der Waals surface area contributed by atoms with Crippen molar-refractivity contribution in [3.8, 4) is 0 Å². The van der Waals surface area contributed by atoms with Gasteiger partial charge in [0, 0.05) is 24.2 Å². The van der Waals surface area contributed by atoms with Gasteiger partial charge in [0.25, 0.3) is 0 Å². The molecular weight excluding hydrogens is 224 g/mol. The number of anilines is 1. The number of nitrogens with zero attached hydrogens (tertiary/aromatic N) is 2. The van der Waals surface area contributed by atoms with Gasteiger partial charge in [-0.2, -0.15) is 0 Å². The number of nitrogens with one attached hydrogen (secondary N) is 1. The third kappa shape index (κ3) is 3.17. The van der Waals surface area contributed by atoms with Gasteiger partial charge in [0.1, 0.15) is 0 Å². The van der Waals surface area contributed by atoms with Crippen molar-refractivity contribution in [2.45, 2.75) is 26.3 Å². The van der Waals surface area contributed by atoms with Crippen LogP contribution in [0.25, 0.3) is 10.9 Å². The zero-order chi connectivity index (χ0) is 13.0. The Morgan fingerprint density at radius 3 is 2.78 bits per heavy atom. The van der Waals surface area contributed by atoms with E-state index in [0.29, 0.717) is 18.4 Å². The van der Waals surface area contributed by atoms with E-state index in [1.54, 1.807) is 0 Å². The smallest absolute Gasteiger partial charge is 0.223 e. The van der Waals surface area contributed by atoms with Crippen LogP contribution in [0.15, 0.2) is 30.5 Å². The summed E-state index contributed by atoms with van der Waals surface area (Å²) in [5, 5.41) is 4.36. The monoisotopic (exact) mass is 244 g/mol. The number of para-hydroxylation sites is 1. The van der Waals surface area contributed by atoms with Gasteiger partial charge in [-0.05, 0) is 18.4 Å². The summed E-state index contributed by atoms with van der Waals surface area (Å²) in [7, 11) is 0. The van der Waals surface area contributed by atoms with Crippen molar-refractivity contribution in [3.63, 3.8) is 0 Å². The zero-order valence-electron chi connectivity index (χ0n) is 10.9. The van der Waals surface area contributed by atoms with E-state index in [0.717, 1.165) is 17.3 Å². The molecule has 1 unspecified atom stereocenters. The van der Waals surface area contributed by atoms with Gasteiger partial charge in [0.05, 0.1) is 5.52 Å². The molecule has 96 valence electrons. The highest BCUT2D eigenvalue weighted by Gasteiger charge is 2.10. The van der Waals surface area contributed by atoms with Crippen LogP contribution in [0.1, 0.15) is 20.3 Å². The van der Waals surface area contributed by atoms with Crippen LogP contribution < -0.4 is 11.1 Å². The minimum atomic E-state index is 0.228. The first kappa shape index (κ1) is 12.8. The molecule has 0 aliphatic carbocycles. The van der Waals surface area contributed by atoms with E-state index in [9.17, 15) is 0 Å². The van der Waals surface area contributed by atoms with E-state index in [1.165, 1.54) is 0 Å². The molecule has 0 radical (unpaired) electrons. The predicted molar refractivity (Wildman–Crippen MR) is 75.5 cm³/mol. The maximum atomic E-state index is 5.76. The third-order valence-electron chi connectivity index (χ3n) is 2.86. The molecule has 0 aliphatic heterocycles. The number of aromatic nitrogens is 2. The van der Waals surface area contributed by atoms with E-state index >= 15 is 0 Å². The van der Waals surface area contributed by atoms with Crippen LogP contribution in [0.4, 0.5) is 5.95 Å². The lowest BCUT2D eigenvalue weighted by atomic mass is 10.0. The molecular formula is C14H20N4. The molecule has 1 aromatic carbocycles. The van der Waals surface area contributed by atoms with Gasteiger partial charge in [0.15, 0.2) is 0 Å². The van der Waals surface area contributed by atoms with E-state index in [2.05, 4.69) is 29.1 Å². The van der Waals surface area contributed by atoms with Crippen LogP contribution in [-0.2, 0) is 0 Å². The highest BCUT2D eigenvalue weighted by molar-refractivity contribution is 5.78. The summed E-state index contributed by atoms with van der Waals surface area (Å²) in [6, 6.07) is 8.19. The SMILES string of the molecule is CC(C)CC(CN)Nc1ncc2ccccc2n1. The van der Waals surface area contributed by atoms with Crippen molar-refractivity contribution in [1.82, 2.24) is 9.97 Å². The van der Waals surface area contributed by atoms with Crippen molar-refractivity contribution in [2.24, 2.45) is 11.7 Å². The van der Waals surface area contributed by atoms with Crippen molar-refractivity contribution in [1.29, 1.82) is 0 Å². The van der Waals surface area contributed by atoms with E-state index in [-0.39, 0.29) is 6.04 Å². The molecule has 0 amide bonds. The highest BCUT2D eigenvalue weighted by atomic mass is 15.1. The maximum Gasteiger partial charge on any atom is 0.223 e. The average molecular weight is 244 g/mol. The molecule has 0 spiro atoms. The lowest BCUT2D eigenvalue weighted by molar-refractivity contribution is 0.520. The van der Waals surface area contributed by atoms with E-state index in [1.807, 2.05) is 30.5 Å². The molecule has 0 saturated carbocycles. The number of benzene rings is 1. The molecule has 2 rings (SSSR count). The van der Waals surface area contributed by atoms with Crippen LogP contribution in [0.2, 0.25) is 0 Å². The molecule has 1 heterocycles. The van der Waals surface area contributed by atoms with Gasteiger partial charge < -0.3 is 11.1 Å². The topological polar surface area (TPSA) is 63.8 Å². The Morgan fingerprint density at radius 1 is 1.28 bits per heavy atom. The van der Waals surface area contributed by atoms with Crippen LogP contribution >= 0.6 is 0 Å². The van der Waals surface area contributed by atoms with Gasteiger partial charge >= 0.3 is 0 Å². The fourth-order valence-electron chi connectivity index (χ4n) is 2.01. The number of rotatable bonds is 5. The summed E-state index contributed by atoms with van der Waals surface area (Å²) < 4.78 is 0. The van der Waals surface area contributed by atoms with Gasteiger partial charge in [-0.1, -0.05) is 32.0 Å². The molecule has 1 aromatic heterocycles. The summed E-state index contributed by atoms with van der Waals surface area (Å²) in [4.78, 5) is 8.82. The van der Waals surface area contributed by atoms with Gasteiger partial charge in [-0.15, -0.1) is 0 Å². The first-order valence-electron chi connectivity index (χ1n) is 6.37. The van der Waals surface area contributed by atoms with E-state index in [4.69, 9.17) is 5.73 Å². The lowest BCUT2D eigenvalue weighted by Gasteiger charge is -2.18. The Balaban J connectivity index is 2.15. The summed E-state index contributed by atoms with van der Waals surface area (Å²) in [5.41, 5.74) is 6.72. The molecule has 0 saturated heterocycles. The Kier molecular flexibility index (Phi) is 4.10. The Labute approximate surface area is 108 Å². The molecule has 0 bridgehead atoms. The van der Waals surface area contributed by atoms with Crippen molar-refractivity contribution in [3.05, 3.63) is 30.5 Å². The van der Waals surface area contributed by atoms with E-state index < -0.39 is 0 Å². The second-order valence-corrected chi connectivity index (χ2v) is 4.96. The quantitative estimate of drug-likeness (QED) is 0.847. The Hall–Kier alpha value is -1.68. The normalized spacial score (nSPS) is 12.9. The molecule has 2 aromatic rings. The summed E-state index contributed by atoms with van der Waals surface area (Å²) >= 11 is 0. The second kappa shape index (κ2) is 5.78. The fraction of sp³-hybridized carbons (Fsp3) is 0.429. The van der Waals surface area contributed by atoms with Gasteiger partial charge in [0.2, 0.25) is 5.95 Å². The van der Waals surface area contributed by atoms with Crippen LogP contribution in [0.5, 0.6) is 0 Å². The summed E-state index contributed by atoms with van der Waals surface area (Å²) in [6.45, 7) is 4.96. The second-order valence-electron chi connectivity index (χ2n) is 4.96. The Morgan fingerprint density at radius 2 is 2.06 bits per heavy atom. The minimum Gasteiger partial charge on any atom is -0.350 e. The number of nitrogens with two attached hydrogens (primary N) is 1. The van der Waals surface area contributed by atoms with Crippen LogP contribution in [-0.4, -0.2) is 22.6 Å². The molecule has 4 nitrogen and oxygen atoms in total. The molecule has 0 fully saturated rings. The van der Waals surface area contributed by atoms with Crippen molar-refractivity contribution >= 4 is 16.9 Å². The van der Waals surface area contributed by atoms with Crippen LogP contribution in [0.3, 0.4) is 0 Å². The fourth-order valence-corrected chi connectivity index (χ4v) is 2.01. The first-order chi connectivity index (χ1) is 8.69. The Bertz CT molecular complexity index is 510. The number of hydrogen-bond acceptors (Lipinski definition) is 4. The van der Waals surface area contributed by atoms with Crippen molar-refractivity contribution < 1.29 is 0 Å². The van der Waals surface area contributed by atoms with Gasteiger partial charge in [-0.25, -0.2) is 9.97 Å². The van der Waals surface area contributed by atoms with Crippen LogP contribution in [0, 0.1) is 5.92 Å².